The molecule has 0 aromatic heterocycles. The highest BCUT2D eigenvalue weighted by atomic mass is 16.3. The molecule has 2 nitrogen and oxygen atoms in total. The highest BCUT2D eigenvalue weighted by molar-refractivity contribution is 5.25. The average molecular weight is 137 g/mol. The number of phenolic OH excluding ortho intramolecular Hbond substituents is 1. The summed E-state index contributed by atoms with van der Waals surface area (Å²) in [6, 6.07) is 7.65. The first kappa shape index (κ1) is 7.09. The van der Waals surface area contributed by atoms with Gasteiger partial charge in [0.1, 0.15) is 5.75 Å². The van der Waals surface area contributed by atoms with Gasteiger partial charge in [0.25, 0.3) is 0 Å². The van der Waals surface area contributed by atoms with Crippen LogP contribution in [0.25, 0.3) is 0 Å². The van der Waals surface area contributed by atoms with Crippen LogP contribution in [0.5, 0.6) is 5.75 Å². The van der Waals surface area contributed by atoms with Crippen molar-refractivity contribution in [2.24, 2.45) is 0 Å². The number of rotatable bonds is 2. The Hall–Kier alpha value is -1.02. The molecule has 0 spiro atoms. The summed E-state index contributed by atoms with van der Waals surface area (Å²) in [5.74, 6) is 0.131. The minimum absolute atomic E-state index is 0.115. The SMILES string of the molecule is OCCc1cc[c]c(O)c1. The zero-order valence-electron chi connectivity index (χ0n) is 5.54. The third-order valence-electron chi connectivity index (χ3n) is 1.25. The lowest BCUT2D eigenvalue weighted by Crippen LogP contribution is -1.88. The molecule has 10 heavy (non-hydrogen) atoms. The van der Waals surface area contributed by atoms with Crippen molar-refractivity contribution in [1.82, 2.24) is 0 Å². The van der Waals surface area contributed by atoms with Crippen molar-refractivity contribution in [1.29, 1.82) is 0 Å². The molecule has 0 amide bonds. The minimum atomic E-state index is 0.115. The molecule has 0 fully saturated rings. The summed E-state index contributed by atoms with van der Waals surface area (Å²) in [5, 5.41) is 17.4. The van der Waals surface area contributed by atoms with Gasteiger partial charge in [-0.2, -0.15) is 0 Å². The first-order valence-electron chi connectivity index (χ1n) is 3.13. The molecule has 0 bridgehead atoms. The zero-order valence-corrected chi connectivity index (χ0v) is 5.54. The standard InChI is InChI=1S/C8H9O2/c9-5-4-7-2-1-3-8(10)6-7/h1-2,6,9-10H,4-5H2. The third kappa shape index (κ3) is 1.74. The van der Waals surface area contributed by atoms with Crippen molar-refractivity contribution >= 4 is 0 Å². The molecule has 2 heteroatoms. The first-order chi connectivity index (χ1) is 4.83. The number of aromatic hydroxyl groups is 1. The second kappa shape index (κ2) is 3.22. The van der Waals surface area contributed by atoms with Gasteiger partial charge in [-0.25, -0.2) is 0 Å². The van der Waals surface area contributed by atoms with Gasteiger partial charge in [-0.3, -0.25) is 0 Å². The molecule has 1 rings (SSSR count). The van der Waals surface area contributed by atoms with E-state index in [2.05, 4.69) is 6.07 Å². The van der Waals surface area contributed by atoms with Gasteiger partial charge < -0.3 is 10.2 Å². The summed E-state index contributed by atoms with van der Waals surface area (Å²) in [6.07, 6.45) is 0.586. The number of aliphatic hydroxyl groups is 1. The summed E-state index contributed by atoms with van der Waals surface area (Å²) in [4.78, 5) is 0. The van der Waals surface area contributed by atoms with E-state index in [-0.39, 0.29) is 12.4 Å². The van der Waals surface area contributed by atoms with Crippen LogP contribution in [0, 0.1) is 6.07 Å². The molecule has 0 heterocycles. The lowest BCUT2D eigenvalue weighted by molar-refractivity contribution is 0.299. The molecule has 2 N–H and O–H groups in total. The van der Waals surface area contributed by atoms with Gasteiger partial charge in [-0.05, 0) is 18.1 Å². The lowest BCUT2D eigenvalue weighted by atomic mass is 10.1. The molecule has 0 aliphatic carbocycles. The van der Waals surface area contributed by atoms with Gasteiger partial charge in [0.05, 0.1) is 0 Å². The molecule has 53 valence electrons. The fourth-order valence-corrected chi connectivity index (χ4v) is 0.784. The van der Waals surface area contributed by atoms with Gasteiger partial charge in [-0.15, -0.1) is 0 Å². The number of phenols is 1. The predicted octanol–water partition coefficient (Wildman–Crippen LogP) is 0.727. The van der Waals surface area contributed by atoms with E-state index in [0.717, 1.165) is 5.56 Å². The van der Waals surface area contributed by atoms with E-state index in [1.165, 1.54) is 0 Å². The Balaban J connectivity index is 2.75. The average Bonchev–Trinajstić information content (AvgIpc) is 1.88. The van der Waals surface area contributed by atoms with Crippen LogP contribution in [-0.4, -0.2) is 16.8 Å². The van der Waals surface area contributed by atoms with E-state index in [9.17, 15) is 0 Å². The molecular formula is C8H9O2. The molecule has 1 aromatic carbocycles. The van der Waals surface area contributed by atoms with Gasteiger partial charge in [0, 0.05) is 12.7 Å². The largest absolute Gasteiger partial charge is 0.507 e. The van der Waals surface area contributed by atoms with Crippen LogP contribution in [0.2, 0.25) is 0 Å². The molecule has 1 radical (unpaired) electrons. The fraction of sp³-hybridized carbons (Fsp3) is 0.250. The quantitative estimate of drug-likeness (QED) is 0.630. The van der Waals surface area contributed by atoms with Crippen molar-refractivity contribution in [2.45, 2.75) is 6.42 Å². The summed E-state index contributed by atoms with van der Waals surface area (Å²) < 4.78 is 0. The normalized spacial score (nSPS) is 9.70. The van der Waals surface area contributed by atoms with Crippen molar-refractivity contribution in [3.8, 4) is 5.75 Å². The van der Waals surface area contributed by atoms with E-state index >= 15 is 0 Å². The van der Waals surface area contributed by atoms with Gasteiger partial charge in [0.15, 0.2) is 0 Å². The van der Waals surface area contributed by atoms with Crippen LogP contribution < -0.4 is 0 Å². The van der Waals surface area contributed by atoms with E-state index in [1.807, 2.05) is 6.07 Å². The van der Waals surface area contributed by atoms with Crippen molar-refractivity contribution in [3.05, 3.63) is 29.8 Å². The van der Waals surface area contributed by atoms with Crippen molar-refractivity contribution < 1.29 is 10.2 Å². The van der Waals surface area contributed by atoms with Crippen LogP contribution in [0.15, 0.2) is 18.2 Å². The summed E-state index contributed by atoms with van der Waals surface area (Å²) in [5.41, 5.74) is 0.929. The van der Waals surface area contributed by atoms with E-state index in [1.54, 1.807) is 12.1 Å². The lowest BCUT2D eigenvalue weighted by Gasteiger charge is -1.96. The molecule has 0 unspecified atom stereocenters. The van der Waals surface area contributed by atoms with Gasteiger partial charge >= 0.3 is 0 Å². The Morgan fingerprint density at radius 1 is 1.50 bits per heavy atom. The second-order valence-corrected chi connectivity index (χ2v) is 2.06. The maximum absolute atomic E-state index is 8.90. The summed E-state index contributed by atoms with van der Waals surface area (Å²) >= 11 is 0. The zero-order chi connectivity index (χ0) is 7.40. The number of benzene rings is 1. The van der Waals surface area contributed by atoms with Crippen LogP contribution in [0.3, 0.4) is 0 Å². The Bertz CT molecular complexity index is 208. The third-order valence-corrected chi connectivity index (χ3v) is 1.25. The second-order valence-electron chi connectivity index (χ2n) is 2.06. The van der Waals surface area contributed by atoms with E-state index < -0.39 is 0 Å². The maximum Gasteiger partial charge on any atom is 0.123 e. The molecule has 0 atom stereocenters. The van der Waals surface area contributed by atoms with Crippen molar-refractivity contribution in [3.63, 3.8) is 0 Å². The molecule has 0 saturated heterocycles. The molecule has 1 aromatic rings. The number of aliphatic hydroxyl groups excluding tert-OH is 1. The van der Waals surface area contributed by atoms with Crippen LogP contribution in [-0.2, 0) is 6.42 Å². The maximum atomic E-state index is 8.90. The Morgan fingerprint density at radius 2 is 2.30 bits per heavy atom. The molecule has 0 saturated carbocycles. The smallest absolute Gasteiger partial charge is 0.123 e. The highest BCUT2D eigenvalue weighted by Crippen LogP contribution is 2.09. The molecule has 0 aliphatic rings. The predicted molar refractivity (Wildman–Crippen MR) is 37.7 cm³/mol. The Labute approximate surface area is 59.7 Å². The Kier molecular flexibility index (Phi) is 2.29. The van der Waals surface area contributed by atoms with Crippen molar-refractivity contribution in [2.75, 3.05) is 6.61 Å². The summed E-state index contributed by atoms with van der Waals surface area (Å²) in [6.45, 7) is 0.115. The number of hydrogen-bond donors (Lipinski definition) is 2. The summed E-state index contributed by atoms with van der Waals surface area (Å²) in [7, 11) is 0. The first-order valence-corrected chi connectivity index (χ1v) is 3.13. The highest BCUT2D eigenvalue weighted by Gasteiger charge is 1.91. The number of hydrogen-bond acceptors (Lipinski definition) is 2. The Morgan fingerprint density at radius 3 is 2.90 bits per heavy atom. The van der Waals surface area contributed by atoms with E-state index in [4.69, 9.17) is 10.2 Å². The van der Waals surface area contributed by atoms with Crippen LogP contribution >= 0.6 is 0 Å². The van der Waals surface area contributed by atoms with Crippen LogP contribution in [0.4, 0.5) is 0 Å². The van der Waals surface area contributed by atoms with E-state index in [0.29, 0.717) is 6.42 Å². The van der Waals surface area contributed by atoms with Crippen LogP contribution in [0.1, 0.15) is 5.56 Å². The monoisotopic (exact) mass is 137 g/mol. The molecule has 0 aliphatic heterocycles. The van der Waals surface area contributed by atoms with Gasteiger partial charge in [-0.1, -0.05) is 12.1 Å². The minimum Gasteiger partial charge on any atom is -0.507 e. The fourth-order valence-electron chi connectivity index (χ4n) is 0.784. The van der Waals surface area contributed by atoms with Gasteiger partial charge in [0.2, 0.25) is 0 Å². The topological polar surface area (TPSA) is 40.5 Å². The molecular weight excluding hydrogens is 128 g/mol.